The van der Waals surface area contributed by atoms with Crippen LogP contribution in [-0.4, -0.2) is 12.1 Å². The Hall–Kier alpha value is -0.800. The van der Waals surface area contributed by atoms with Gasteiger partial charge in [-0.2, -0.15) is 5.26 Å². The van der Waals surface area contributed by atoms with E-state index in [1.165, 1.54) is 0 Å². The van der Waals surface area contributed by atoms with Gasteiger partial charge in [-0.15, -0.1) is 0 Å². The minimum absolute atomic E-state index is 0.143. The van der Waals surface area contributed by atoms with Gasteiger partial charge in [-0.05, 0) is 53.6 Å². The van der Waals surface area contributed by atoms with Crippen molar-refractivity contribution in [3.8, 4) is 11.8 Å². The first-order chi connectivity index (χ1) is 7.13. The molecule has 78 valence electrons. The van der Waals surface area contributed by atoms with E-state index in [4.69, 9.17) is 15.7 Å². The van der Waals surface area contributed by atoms with E-state index in [1.807, 2.05) is 18.2 Å². The van der Waals surface area contributed by atoms with E-state index in [0.717, 1.165) is 16.4 Å². The van der Waals surface area contributed by atoms with E-state index in [2.05, 4.69) is 28.7 Å². The van der Waals surface area contributed by atoms with Gasteiger partial charge in [-0.25, -0.2) is 0 Å². The van der Waals surface area contributed by atoms with Crippen LogP contribution in [0.3, 0.4) is 0 Å². The summed E-state index contributed by atoms with van der Waals surface area (Å²) in [4.78, 5) is 0. The molecule has 1 fully saturated rings. The van der Waals surface area contributed by atoms with Crippen molar-refractivity contribution < 1.29 is 4.74 Å². The maximum absolute atomic E-state index is 8.92. The third-order valence-electron chi connectivity index (χ3n) is 2.47. The molecule has 0 unspecified atom stereocenters. The zero-order valence-electron chi connectivity index (χ0n) is 8.16. The molecular formula is C11H11IN2O. The number of nitrogens with two attached hydrogens (primary N) is 1. The maximum atomic E-state index is 8.92. The van der Waals surface area contributed by atoms with Crippen molar-refractivity contribution in [2.24, 2.45) is 5.73 Å². The Morgan fingerprint density at radius 3 is 2.87 bits per heavy atom. The Labute approximate surface area is 102 Å². The Balaban J connectivity index is 2.10. The third kappa shape index (κ3) is 2.61. The number of benzene rings is 1. The van der Waals surface area contributed by atoms with Crippen molar-refractivity contribution in [2.45, 2.75) is 18.4 Å². The molecule has 0 aliphatic heterocycles. The van der Waals surface area contributed by atoms with Crippen LogP contribution in [-0.2, 0) is 0 Å². The number of halogens is 1. The molecular weight excluding hydrogens is 303 g/mol. The van der Waals surface area contributed by atoms with Crippen LogP contribution in [0.15, 0.2) is 18.2 Å². The SMILES string of the molecule is N#Cc1cc(I)ccc1OCC1(N)CC1. The molecule has 0 aromatic heterocycles. The van der Waals surface area contributed by atoms with Gasteiger partial charge < -0.3 is 10.5 Å². The van der Waals surface area contributed by atoms with Crippen molar-refractivity contribution in [1.82, 2.24) is 0 Å². The molecule has 1 aliphatic carbocycles. The first-order valence-electron chi connectivity index (χ1n) is 4.74. The molecule has 1 aromatic carbocycles. The highest BCUT2D eigenvalue weighted by molar-refractivity contribution is 14.1. The van der Waals surface area contributed by atoms with E-state index >= 15 is 0 Å². The highest BCUT2D eigenvalue weighted by Crippen LogP contribution is 2.33. The smallest absolute Gasteiger partial charge is 0.137 e. The second-order valence-corrected chi connectivity index (χ2v) is 5.15. The second-order valence-electron chi connectivity index (χ2n) is 3.90. The number of rotatable bonds is 3. The minimum Gasteiger partial charge on any atom is -0.490 e. The van der Waals surface area contributed by atoms with Crippen LogP contribution in [0.1, 0.15) is 18.4 Å². The standard InChI is InChI=1S/C11H11IN2O/c12-9-1-2-10(8(5-9)6-13)15-7-11(14)3-4-11/h1-2,5H,3-4,7,14H2. The topological polar surface area (TPSA) is 59.0 Å². The molecule has 3 nitrogen and oxygen atoms in total. The average molecular weight is 314 g/mol. The summed E-state index contributed by atoms with van der Waals surface area (Å²) < 4.78 is 6.59. The Morgan fingerprint density at radius 1 is 1.53 bits per heavy atom. The van der Waals surface area contributed by atoms with Gasteiger partial charge in [0.05, 0.1) is 11.1 Å². The van der Waals surface area contributed by atoms with E-state index in [-0.39, 0.29) is 5.54 Å². The van der Waals surface area contributed by atoms with Gasteiger partial charge in [0.2, 0.25) is 0 Å². The van der Waals surface area contributed by atoms with Crippen LogP contribution in [0.5, 0.6) is 5.75 Å². The first-order valence-corrected chi connectivity index (χ1v) is 5.82. The van der Waals surface area contributed by atoms with Gasteiger partial charge in [0.1, 0.15) is 18.4 Å². The molecule has 15 heavy (non-hydrogen) atoms. The molecule has 0 spiro atoms. The highest BCUT2D eigenvalue weighted by atomic mass is 127. The number of nitriles is 1. The summed E-state index contributed by atoms with van der Waals surface area (Å²) >= 11 is 2.17. The summed E-state index contributed by atoms with van der Waals surface area (Å²) in [6.45, 7) is 0.502. The predicted molar refractivity (Wildman–Crippen MR) is 65.5 cm³/mol. The molecule has 0 heterocycles. The lowest BCUT2D eigenvalue weighted by Gasteiger charge is -2.12. The molecule has 0 atom stereocenters. The molecule has 2 rings (SSSR count). The summed E-state index contributed by atoms with van der Waals surface area (Å²) in [7, 11) is 0. The molecule has 4 heteroatoms. The third-order valence-corrected chi connectivity index (χ3v) is 3.14. The Bertz CT molecular complexity index is 421. The largest absolute Gasteiger partial charge is 0.490 e. The Morgan fingerprint density at radius 2 is 2.27 bits per heavy atom. The monoisotopic (exact) mass is 314 g/mol. The normalized spacial score (nSPS) is 16.9. The fourth-order valence-electron chi connectivity index (χ4n) is 1.24. The quantitative estimate of drug-likeness (QED) is 0.869. The van der Waals surface area contributed by atoms with E-state index < -0.39 is 0 Å². The van der Waals surface area contributed by atoms with Gasteiger partial charge in [-0.3, -0.25) is 0 Å². The summed E-state index contributed by atoms with van der Waals surface area (Å²) in [5.41, 5.74) is 6.34. The van der Waals surface area contributed by atoms with Crippen LogP contribution in [0.25, 0.3) is 0 Å². The van der Waals surface area contributed by atoms with Gasteiger partial charge in [0.15, 0.2) is 0 Å². The molecule has 0 amide bonds. The highest BCUT2D eigenvalue weighted by Gasteiger charge is 2.39. The van der Waals surface area contributed by atoms with Crippen LogP contribution in [0.2, 0.25) is 0 Å². The Kier molecular flexibility index (Phi) is 2.85. The summed E-state index contributed by atoms with van der Waals surface area (Å²) in [5, 5.41) is 8.92. The lowest BCUT2D eigenvalue weighted by molar-refractivity contribution is 0.278. The fourth-order valence-corrected chi connectivity index (χ4v) is 1.73. The summed E-state index contributed by atoms with van der Waals surface area (Å²) in [5.74, 6) is 0.634. The van der Waals surface area contributed by atoms with Crippen LogP contribution < -0.4 is 10.5 Å². The van der Waals surface area contributed by atoms with Crippen LogP contribution in [0, 0.1) is 14.9 Å². The molecule has 1 aliphatic rings. The van der Waals surface area contributed by atoms with Gasteiger partial charge in [0.25, 0.3) is 0 Å². The molecule has 0 bridgehead atoms. The number of ether oxygens (including phenoxy) is 1. The first kappa shape index (κ1) is 10.7. The van der Waals surface area contributed by atoms with Crippen molar-refractivity contribution in [3.05, 3.63) is 27.3 Å². The van der Waals surface area contributed by atoms with Crippen molar-refractivity contribution in [3.63, 3.8) is 0 Å². The van der Waals surface area contributed by atoms with E-state index in [1.54, 1.807) is 0 Å². The summed E-state index contributed by atoms with van der Waals surface area (Å²) in [6.07, 6.45) is 2.03. The molecule has 0 saturated heterocycles. The maximum Gasteiger partial charge on any atom is 0.137 e. The predicted octanol–water partition coefficient (Wildman–Crippen LogP) is 2.03. The van der Waals surface area contributed by atoms with Crippen molar-refractivity contribution in [2.75, 3.05) is 6.61 Å². The summed E-state index contributed by atoms with van der Waals surface area (Å²) in [6, 6.07) is 7.68. The molecule has 0 radical (unpaired) electrons. The van der Waals surface area contributed by atoms with Gasteiger partial charge >= 0.3 is 0 Å². The lowest BCUT2D eigenvalue weighted by Crippen LogP contribution is -2.29. The average Bonchev–Trinajstić information content (AvgIpc) is 2.95. The fraction of sp³-hybridized carbons (Fsp3) is 0.364. The van der Waals surface area contributed by atoms with E-state index in [0.29, 0.717) is 17.9 Å². The number of nitrogens with zero attached hydrogens (tertiary/aromatic N) is 1. The van der Waals surface area contributed by atoms with Crippen LogP contribution in [0.4, 0.5) is 0 Å². The number of hydrogen-bond donors (Lipinski definition) is 1. The van der Waals surface area contributed by atoms with Crippen molar-refractivity contribution in [1.29, 1.82) is 5.26 Å². The van der Waals surface area contributed by atoms with Crippen molar-refractivity contribution >= 4 is 22.6 Å². The number of hydrogen-bond acceptors (Lipinski definition) is 3. The molecule has 1 aromatic rings. The second kappa shape index (κ2) is 3.99. The lowest BCUT2D eigenvalue weighted by atomic mass is 10.2. The van der Waals surface area contributed by atoms with E-state index in [9.17, 15) is 0 Å². The minimum atomic E-state index is -0.143. The van der Waals surface area contributed by atoms with Gasteiger partial charge in [-0.1, -0.05) is 0 Å². The zero-order valence-corrected chi connectivity index (χ0v) is 10.3. The zero-order chi connectivity index (χ0) is 10.9. The van der Waals surface area contributed by atoms with Crippen LogP contribution >= 0.6 is 22.6 Å². The van der Waals surface area contributed by atoms with Gasteiger partial charge in [0, 0.05) is 3.57 Å². The molecule has 1 saturated carbocycles. The molecule has 2 N–H and O–H groups in total.